The van der Waals surface area contributed by atoms with E-state index in [1.807, 2.05) is 12.1 Å². The van der Waals surface area contributed by atoms with Gasteiger partial charge in [-0.25, -0.2) is 4.98 Å². The lowest BCUT2D eigenvalue weighted by molar-refractivity contribution is 0.651. The molecule has 0 saturated carbocycles. The van der Waals surface area contributed by atoms with Crippen LogP contribution in [0, 0.1) is 0 Å². The Kier molecular flexibility index (Phi) is 5.54. The van der Waals surface area contributed by atoms with E-state index >= 15 is 0 Å². The fourth-order valence-corrected chi connectivity index (χ4v) is 10.1. The number of nitrogens with zero attached hydrogens (tertiary/aromatic N) is 3. The van der Waals surface area contributed by atoms with Crippen LogP contribution in [0.5, 0.6) is 0 Å². The third-order valence-corrected chi connectivity index (χ3v) is 12.2. The fourth-order valence-electron chi connectivity index (χ4n) is 10.1. The maximum atomic E-state index is 6.66. The van der Waals surface area contributed by atoms with E-state index in [-0.39, 0.29) is 0 Å². The lowest BCUT2D eigenvalue weighted by atomic mass is 9.70. The first-order valence-corrected chi connectivity index (χ1v) is 18.8. The SMILES string of the molecule is c1ccc2c(c1)-c1ccccc1C21c2ccccc2-c2c(-c3nc(-n4c5ccccc5c5cc6ccccc6cc54)nc4oc5ccccc5c34)cccc21. The van der Waals surface area contributed by atoms with Crippen molar-refractivity contribution in [2.24, 2.45) is 0 Å². The molecule has 0 amide bonds. The van der Waals surface area contributed by atoms with Gasteiger partial charge < -0.3 is 4.42 Å². The minimum Gasteiger partial charge on any atom is -0.437 e. The van der Waals surface area contributed by atoms with Gasteiger partial charge in [-0.05, 0) is 79.5 Å². The fraction of sp³-hybridized carbons (Fsp3) is 0.0196. The topological polar surface area (TPSA) is 43.9 Å². The van der Waals surface area contributed by atoms with E-state index in [0.29, 0.717) is 11.7 Å². The third-order valence-electron chi connectivity index (χ3n) is 12.2. The van der Waals surface area contributed by atoms with Gasteiger partial charge in [-0.2, -0.15) is 4.98 Å². The zero-order chi connectivity index (χ0) is 35.8. The zero-order valence-corrected chi connectivity index (χ0v) is 29.5. The molecule has 8 aromatic carbocycles. The Bertz CT molecular complexity index is 3410. The molecule has 0 aliphatic heterocycles. The molecule has 0 fully saturated rings. The van der Waals surface area contributed by atoms with Crippen LogP contribution in [0.2, 0.25) is 0 Å². The quantitative estimate of drug-likeness (QED) is 0.180. The standard InChI is InChI=1S/C51H29N3O/c1-2-15-31-29-44-38(28-30(31)14-1)34-18-6-11-26-43(34)54(44)50-52-48(47-36-20-7-12-27-45(36)55-49(47)53-50)37-21-13-25-42-46(37)35-19-5-10-24-41(35)51(42)39-22-8-3-16-32(39)33-17-4-9-23-40(33)51/h1-29H. The summed E-state index contributed by atoms with van der Waals surface area (Å²) >= 11 is 0. The van der Waals surface area contributed by atoms with E-state index in [2.05, 4.69) is 168 Å². The predicted molar refractivity (Wildman–Crippen MR) is 223 cm³/mol. The lowest BCUT2D eigenvalue weighted by Gasteiger charge is -2.30. The Labute approximate surface area is 315 Å². The highest BCUT2D eigenvalue weighted by Gasteiger charge is 2.52. The van der Waals surface area contributed by atoms with Gasteiger partial charge in [-0.15, -0.1) is 0 Å². The van der Waals surface area contributed by atoms with E-state index in [0.717, 1.165) is 44.0 Å². The molecule has 0 unspecified atom stereocenters. The van der Waals surface area contributed by atoms with Crippen LogP contribution in [0.4, 0.5) is 0 Å². The summed E-state index contributed by atoms with van der Waals surface area (Å²) in [7, 11) is 0. The highest BCUT2D eigenvalue weighted by molar-refractivity contribution is 6.15. The van der Waals surface area contributed by atoms with Gasteiger partial charge in [0, 0.05) is 21.7 Å². The van der Waals surface area contributed by atoms with Crippen molar-refractivity contribution in [1.29, 1.82) is 0 Å². The Balaban J connectivity index is 1.17. The maximum absolute atomic E-state index is 6.66. The van der Waals surface area contributed by atoms with Crippen molar-refractivity contribution >= 4 is 54.6 Å². The zero-order valence-electron chi connectivity index (χ0n) is 29.5. The summed E-state index contributed by atoms with van der Waals surface area (Å²) < 4.78 is 8.88. The van der Waals surface area contributed by atoms with Crippen LogP contribution in [0.15, 0.2) is 180 Å². The van der Waals surface area contributed by atoms with Crippen molar-refractivity contribution in [3.63, 3.8) is 0 Å². The van der Waals surface area contributed by atoms with Gasteiger partial charge in [-0.1, -0.05) is 152 Å². The van der Waals surface area contributed by atoms with Crippen molar-refractivity contribution in [1.82, 2.24) is 14.5 Å². The molecule has 11 aromatic rings. The highest BCUT2D eigenvalue weighted by atomic mass is 16.3. The number of benzene rings is 8. The normalized spacial score (nSPS) is 13.6. The van der Waals surface area contributed by atoms with Gasteiger partial charge in [-0.3, -0.25) is 4.57 Å². The van der Waals surface area contributed by atoms with Crippen molar-refractivity contribution in [3.05, 3.63) is 198 Å². The molecule has 2 aliphatic rings. The maximum Gasteiger partial charge on any atom is 0.238 e. The number of hydrogen-bond donors (Lipinski definition) is 0. The Morgan fingerprint density at radius 1 is 0.436 bits per heavy atom. The van der Waals surface area contributed by atoms with Gasteiger partial charge in [0.15, 0.2) is 0 Å². The van der Waals surface area contributed by atoms with E-state index in [9.17, 15) is 0 Å². The van der Waals surface area contributed by atoms with Gasteiger partial charge in [0.2, 0.25) is 11.7 Å². The summed E-state index contributed by atoms with van der Waals surface area (Å²) in [6.45, 7) is 0. The molecule has 0 atom stereocenters. The molecule has 0 bridgehead atoms. The van der Waals surface area contributed by atoms with Crippen molar-refractivity contribution in [2.45, 2.75) is 5.41 Å². The Morgan fingerprint density at radius 2 is 1.02 bits per heavy atom. The largest absolute Gasteiger partial charge is 0.437 e. The molecule has 1 spiro atoms. The third kappa shape index (κ3) is 3.61. The summed E-state index contributed by atoms with van der Waals surface area (Å²) in [5, 5.41) is 6.62. The van der Waals surface area contributed by atoms with Gasteiger partial charge in [0.05, 0.1) is 27.5 Å². The summed E-state index contributed by atoms with van der Waals surface area (Å²) in [5.41, 5.74) is 15.2. The number of aromatic nitrogens is 3. The molecule has 254 valence electrons. The molecule has 2 aliphatic carbocycles. The molecule has 13 rings (SSSR count). The average molecular weight is 700 g/mol. The monoisotopic (exact) mass is 699 g/mol. The van der Waals surface area contributed by atoms with Crippen LogP contribution >= 0.6 is 0 Å². The molecule has 4 nitrogen and oxygen atoms in total. The summed E-state index contributed by atoms with van der Waals surface area (Å²) in [4.78, 5) is 10.9. The summed E-state index contributed by atoms with van der Waals surface area (Å²) in [5.74, 6) is 0.582. The molecule has 3 aromatic heterocycles. The second kappa shape index (κ2) is 10.4. The highest BCUT2D eigenvalue weighted by Crippen LogP contribution is 2.64. The number of hydrogen-bond acceptors (Lipinski definition) is 3. The van der Waals surface area contributed by atoms with Crippen LogP contribution < -0.4 is 0 Å². The van der Waals surface area contributed by atoms with Crippen molar-refractivity contribution < 1.29 is 4.42 Å². The van der Waals surface area contributed by atoms with E-state index in [1.54, 1.807) is 0 Å². The van der Waals surface area contributed by atoms with E-state index in [4.69, 9.17) is 14.4 Å². The van der Waals surface area contributed by atoms with Gasteiger partial charge in [0.1, 0.15) is 5.58 Å². The Hall–Kier alpha value is -7.30. The average Bonchev–Trinajstić information content (AvgIpc) is 3.96. The molecular weight excluding hydrogens is 671 g/mol. The summed E-state index contributed by atoms with van der Waals surface area (Å²) in [6, 6.07) is 63.6. The second-order valence-electron chi connectivity index (χ2n) is 14.8. The molecule has 3 heterocycles. The van der Waals surface area contributed by atoms with Crippen LogP contribution in [-0.4, -0.2) is 14.5 Å². The number of furan rings is 1. The molecular formula is C51H29N3O. The molecule has 0 saturated heterocycles. The number of fused-ring (bicyclic) bond motifs is 17. The second-order valence-corrected chi connectivity index (χ2v) is 14.8. The van der Waals surface area contributed by atoms with Crippen LogP contribution in [0.25, 0.3) is 94.1 Å². The smallest absolute Gasteiger partial charge is 0.238 e. The van der Waals surface area contributed by atoms with Crippen molar-refractivity contribution in [3.8, 4) is 39.5 Å². The first-order valence-electron chi connectivity index (χ1n) is 18.8. The van der Waals surface area contributed by atoms with Crippen molar-refractivity contribution in [2.75, 3.05) is 0 Å². The Morgan fingerprint density at radius 3 is 1.80 bits per heavy atom. The van der Waals surface area contributed by atoms with E-state index < -0.39 is 5.41 Å². The number of para-hydroxylation sites is 2. The molecule has 0 radical (unpaired) electrons. The minimum atomic E-state index is -0.462. The predicted octanol–water partition coefficient (Wildman–Crippen LogP) is 12.6. The van der Waals surface area contributed by atoms with Gasteiger partial charge >= 0.3 is 0 Å². The van der Waals surface area contributed by atoms with E-state index in [1.165, 1.54) is 60.7 Å². The van der Waals surface area contributed by atoms with Crippen LogP contribution in [0.3, 0.4) is 0 Å². The minimum absolute atomic E-state index is 0.462. The number of rotatable bonds is 2. The first-order chi connectivity index (χ1) is 27.3. The van der Waals surface area contributed by atoms with Gasteiger partial charge in [0.25, 0.3) is 0 Å². The van der Waals surface area contributed by atoms with Crippen LogP contribution in [-0.2, 0) is 5.41 Å². The molecule has 55 heavy (non-hydrogen) atoms. The first kappa shape index (κ1) is 29.2. The van der Waals surface area contributed by atoms with Crippen LogP contribution in [0.1, 0.15) is 22.3 Å². The lowest BCUT2D eigenvalue weighted by Crippen LogP contribution is -2.25. The summed E-state index contributed by atoms with van der Waals surface area (Å²) in [6.07, 6.45) is 0. The molecule has 0 N–H and O–H groups in total. The molecule has 4 heteroatoms.